The Hall–Kier alpha value is -3.35. The molecule has 4 aromatic rings. The van der Waals surface area contributed by atoms with Crippen LogP contribution in [0.5, 0.6) is 11.5 Å². The van der Waals surface area contributed by atoms with Gasteiger partial charge >= 0.3 is 0 Å². The lowest BCUT2D eigenvalue weighted by Gasteiger charge is -2.13. The molecule has 168 valence electrons. The van der Waals surface area contributed by atoms with Gasteiger partial charge in [-0.2, -0.15) is 5.10 Å². The van der Waals surface area contributed by atoms with Crippen LogP contribution < -0.4 is 14.9 Å². The third-order valence-corrected chi connectivity index (χ3v) is 7.04. The summed E-state index contributed by atoms with van der Waals surface area (Å²) in [6.45, 7) is 4.44. The number of nitrogens with one attached hydrogen (secondary N) is 1. The first-order valence-electron chi connectivity index (χ1n) is 10.3. The molecule has 0 spiro atoms. The zero-order chi connectivity index (χ0) is 23.4. The van der Waals surface area contributed by atoms with Gasteiger partial charge in [-0.25, -0.2) is 5.43 Å². The first-order chi connectivity index (χ1) is 16.0. The van der Waals surface area contributed by atoms with E-state index in [0.717, 1.165) is 38.3 Å². The second-order valence-corrected chi connectivity index (χ2v) is 8.93. The molecule has 33 heavy (non-hydrogen) atoms. The number of ether oxygens (including phenoxy) is 2. The van der Waals surface area contributed by atoms with Crippen LogP contribution in [0.1, 0.15) is 31.9 Å². The summed E-state index contributed by atoms with van der Waals surface area (Å²) in [4.78, 5) is 13.0. The molecule has 4 rings (SSSR count). The van der Waals surface area contributed by atoms with Crippen molar-refractivity contribution in [2.75, 3.05) is 7.11 Å². The highest BCUT2D eigenvalue weighted by molar-refractivity contribution is 7.21. The van der Waals surface area contributed by atoms with Crippen molar-refractivity contribution in [3.8, 4) is 11.5 Å². The van der Waals surface area contributed by atoms with E-state index in [9.17, 15) is 4.79 Å². The number of thiophene rings is 1. The number of fused-ring (bicyclic) bond motifs is 1. The number of halogens is 1. The van der Waals surface area contributed by atoms with Crippen LogP contribution in [-0.4, -0.2) is 19.2 Å². The summed E-state index contributed by atoms with van der Waals surface area (Å²) in [6, 6.07) is 19.3. The van der Waals surface area contributed by atoms with E-state index in [0.29, 0.717) is 16.5 Å². The third kappa shape index (κ3) is 5.02. The predicted octanol–water partition coefficient (Wildman–Crippen LogP) is 6.52. The Morgan fingerprint density at radius 3 is 2.70 bits per heavy atom. The summed E-state index contributed by atoms with van der Waals surface area (Å²) in [7, 11) is 1.62. The van der Waals surface area contributed by atoms with Gasteiger partial charge in [0.2, 0.25) is 0 Å². The van der Waals surface area contributed by atoms with Crippen LogP contribution in [-0.2, 0) is 6.61 Å². The van der Waals surface area contributed by atoms with Gasteiger partial charge in [-0.1, -0.05) is 41.9 Å². The van der Waals surface area contributed by atoms with Crippen molar-refractivity contribution in [3.05, 3.63) is 92.8 Å². The molecule has 0 radical (unpaired) electrons. The number of hydrazone groups is 1. The smallest absolute Gasteiger partial charge is 0.283 e. The Labute approximate surface area is 201 Å². The molecule has 1 N–H and O–H groups in total. The van der Waals surface area contributed by atoms with E-state index < -0.39 is 0 Å². The summed E-state index contributed by atoms with van der Waals surface area (Å²) in [5, 5.41) is 5.42. The number of carbonyl (C=O) groups excluding carboxylic acids is 1. The lowest BCUT2D eigenvalue weighted by Crippen LogP contribution is -2.16. The molecule has 0 atom stereocenters. The maximum absolute atomic E-state index is 12.6. The minimum Gasteiger partial charge on any atom is -0.496 e. The number of hydrogen-bond donors (Lipinski definition) is 1. The highest BCUT2D eigenvalue weighted by Gasteiger charge is 2.16. The van der Waals surface area contributed by atoms with Gasteiger partial charge in [0.05, 0.1) is 18.3 Å². The normalized spacial score (nSPS) is 11.2. The number of aryl methyl sites for hydroxylation is 1. The van der Waals surface area contributed by atoms with E-state index in [1.54, 1.807) is 13.3 Å². The largest absolute Gasteiger partial charge is 0.496 e. The second-order valence-electron chi connectivity index (χ2n) is 7.50. The van der Waals surface area contributed by atoms with Gasteiger partial charge in [-0.05, 0) is 60.9 Å². The van der Waals surface area contributed by atoms with Crippen molar-refractivity contribution in [1.82, 2.24) is 5.43 Å². The molecule has 0 unspecified atom stereocenters. The summed E-state index contributed by atoms with van der Waals surface area (Å²) in [6.07, 6.45) is 1.58. The number of rotatable bonds is 7. The molecule has 0 saturated carbocycles. The average molecular weight is 479 g/mol. The van der Waals surface area contributed by atoms with Crippen molar-refractivity contribution < 1.29 is 14.3 Å². The minimum absolute atomic E-state index is 0.343. The van der Waals surface area contributed by atoms with E-state index in [2.05, 4.69) is 23.5 Å². The summed E-state index contributed by atoms with van der Waals surface area (Å²) in [5.41, 5.74) is 6.53. The van der Waals surface area contributed by atoms with Crippen molar-refractivity contribution in [1.29, 1.82) is 0 Å². The summed E-state index contributed by atoms with van der Waals surface area (Å²) >= 11 is 7.72. The molecule has 0 aliphatic carbocycles. The molecule has 1 aromatic heterocycles. The molecule has 1 heterocycles. The quantitative estimate of drug-likeness (QED) is 0.243. The van der Waals surface area contributed by atoms with Gasteiger partial charge in [0.15, 0.2) is 0 Å². The van der Waals surface area contributed by atoms with Crippen LogP contribution in [0, 0.1) is 13.8 Å². The Kier molecular flexibility index (Phi) is 6.96. The molecular weight excluding hydrogens is 456 g/mol. The van der Waals surface area contributed by atoms with Gasteiger partial charge in [-0.3, -0.25) is 4.79 Å². The molecule has 7 heteroatoms. The Morgan fingerprint density at radius 2 is 1.91 bits per heavy atom. The fraction of sp³-hybridized carbons (Fsp3) is 0.154. The monoisotopic (exact) mass is 478 g/mol. The number of hydrogen-bond acceptors (Lipinski definition) is 5. The van der Waals surface area contributed by atoms with E-state index in [4.69, 9.17) is 21.1 Å². The van der Waals surface area contributed by atoms with E-state index >= 15 is 0 Å². The maximum Gasteiger partial charge on any atom is 0.283 e. The van der Waals surface area contributed by atoms with Gasteiger partial charge in [0.25, 0.3) is 5.91 Å². The van der Waals surface area contributed by atoms with Crippen molar-refractivity contribution in [2.45, 2.75) is 20.5 Å². The minimum atomic E-state index is -0.343. The average Bonchev–Trinajstić information content (AvgIpc) is 3.17. The summed E-state index contributed by atoms with van der Waals surface area (Å²) in [5.74, 6) is 1.21. The summed E-state index contributed by atoms with van der Waals surface area (Å²) < 4.78 is 12.5. The first kappa shape index (κ1) is 22.8. The lowest BCUT2D eigenvalue weighted by atomic mass is 10.1. The van der Waals surface area contributed by atoms with Crippen LogP contribution in [0.4, 0.5) is 0 Å². The lowest BCUT2D eigenvalue weighted by molar-refractivity contribution is 0.0959. The second kappa shape index (κ2) is 10.1. The zero-order valence-electron chi connectivity index (χ0n) is 18.5. The maximum atomic E-state index is 12.6. The fourth-order valence-corrected chi connectivity index (χ4v) is 4.81. The van der Waals surface area contributed by atoms with E-state index in [1.807, 2.05) is 61.5 Å². The Bertz CT molecular complexity index is 1350. The van der Waals surface area contributed by atoms with Crippen molar-refractivity contribution in [3.63, 3.8) is 0 Å². The van der Waals surface area contributed by atoms with Crippen LogP contribution >= 0.6 is 22.9 Å². The zero-order valence-corrected chi connectivity index (χ0v) is 20.1. The van der Waals surface area contributed by atoms with Crippen LogP contribution in [0.3, 0.4) is 0 Å². The molecule has 1 amide bonds. The van der Waals surface area contributed by atoms with Crippen LogP contribution in [0.15, 0.2) is 65.8 Å². The topological polar surface area (TPSA) is 59.9 Å². The van der Waals surface area contributed by atoms with Gasteiger partial charge in [0, 0.05) is 15.6 Å². The van der Waals surface area contributed by atoms with Crippen molar-refractivity contribution >= 4 is 45.1 Å². The number of amides is 1. The molecule has 3 aromatic carbocycles. The molecular formula is C26H23ClN2O3S. The number of methoxy groups -OCH3 is 1. The highest BCUT2D eigenvalue weighted by Crippen LogP contribution is 2.35. The van der Waals surface area contributed by atoms with Crippen LogP contribution in [0.25, 0.3) is 10.1 Å². The fourth-order valence-electron chi connectivity index (χ4n) is 3.40. The third-order valence-electron chi connectivity index (χ3n) is 5.36. The molecule has 0 bridgehead atoms. The molecule has 0 aliphatic heterocycles. The van der Waals surface area contributed by atoms with Crippen molar-refractivity contribution in [2.24, 2.45) is 5.10 Å². The molecule has 5 nitrogen and oxygen atoms in total. The molecule has 0 aliphatic rings. The first-order valence-corrected chi connectivity index (χ1v) is 11.5. The van der Waals surface area contributed by atoms with E-state index in [1.165, 1.54) is 16.9 Å². The van der Waals surface area contributed by atoms with Gasteiger partial charge < -0.3 is 9.47 Å². The Morgan fingerprint density at radius 1 is 1.09 bits per heavy atom. The predicted molar refractivity (Wildman–Crippen MR) is 135 cm³/mol. The highest BCUT2D eigenvalue weighted by atomic mass is 35.5. The van der Waals surface area contributed by atoms with Crippen LogP contribution in [0.2, 0.25) is 5.02 Å². The standard InChI is InChI=1S/C26H23ClN2O3S/c1-16-7-6-9-21(17(16)2)32-15-19-13-18(11-12-22(19)31-3)14-28-29-26(30)25-24(27)20-8-4-5-10-23(20)33-25/h4-14H,15H2,1-3H3,(H,29,30)/b28-14+. The van der Waals surface area contributed by atoms with Gasteiger partial charge in [-0.15, -0.1) is 11.3 Å². The SMILES string of the molecule is COc1ccc(/C=N/NC(=O)c2sc3ccccc3c2Cl)cc1COc1cccc(C)c1C. The number of nitrogens with zero attached hydrogens (tertiary/aromatic N) is 1. The van der Waals surface area contributed by atoms with E-state index in [-0.39, 0.29) is 5.91 Å². The molecule has 0 fully saturated rings. The van der Waals surface area contributed by atoms with Gasteiger partial charge in [0.1, 0.15) is 23.0 Å². The Balaban J connectivity index is 1.47. The number of benzene rings is 3. The number of carbonyl (C=O) groups is 1. The molecule has 0 saturated heterocycles.